The number of benzene rings is 3. The number of aryl methyl sites for hydroxylation is 1. The van der Waals surface area contributed by atoms with E-state index in [0.29, 0.717) is 35.8 Å². The van der Waals surface area contributed by atoms with Crippen molar-refractivity contribution in [2.45, 2.75) is 19.4 Å². The normalized spacial score (nSPS) is 14.8. The van der Waals surface area contributed by atoms with E-state index < -0.39 is 23.4 Å². The fourth-order valence-corrected chi connectivity index (χ4v) is 4.81. The first-order valence-electron chi connectivity index (χ1n) is 11.9. The number of rotatable bonds is 6. The molecule has 190 valence electrons. The molecule has 2 heterocycles. The SMILES string of the molecule is COc1cc2c(cc1OC)[C@H](COc1ccc3c(C)cc(=O)oc3c1)N(C(=O)c1ccccc1F)CC2. The van der Waals surface area contributed by atoms with Crippen molar-refractivity contribution in [1.82, 2.24) is 4.90 Å². The van der Waals surface area contributed by atoms with Crippen molar-refractivity contribution >= 4 is 16.9 Å². The van der Waals surface area contributed by atoms with Crippen molar-refractivity contribution in [2.24, 2.45) is 0 Å². The van der Waals surface area contributed by atoms with Crippen LogP contribution in [0.5, 0.6) is 17.2 Å². The Morgan fingerprint density at radius 2 is 1.81 bits per heavy atom. The topological polar surface area (TPSA) is 78.2 Å². The van der Waals surface area contributed by atoms with Gasteiger partial charge < -0.3 is 23.5 Å². The van der Waals surface area contributed by atoms with Gasteiger partial charge in [0.1, 0.15) is 23.8 Å². The van der Waals surface area contributed by atoms with Gasteiger partial charge in [-0.3, -0.25) is 4.79 Å². The number of nitrogens with zero attached hydrogens (tertiary/aromatic N) is 1. The number of halogens is 1. The quantitative estimate of drug-likeness (QED) is 0.342. The lowest BCUT2D eigenvalue weighted by atomic mass is 9.91. The van der Waals surface area contributed by atoms with E-state index in [0.717, 1.165) is 22.1 Å². The molecule has 1 aliphatic heterocycles. The summed E-state index contributed by atoms with van der Waals surface area (Å²) < 4.78 is 37.0. The molecule has 0 fully saturated rings. The molecule has 0 saturated heterocycles. The van der Waals surface area contributed by atoms with Crippen LogP contribution in [-0.4, -0.2) is 38.2 Å². The number of hydrogen-bond acceptors (Lipinski definition) is 6. The molecule has 5 rings (SSSR count). The maximum Gasteiger partial charge on any atom is 0.336 e. The molecule has 0 saturated carbocycles. The highest BCUT2D eigenvalue weighted by Gasteiger charge is 2.34. The Labute approximate surface area is 213 Å². The van der Waals surface area contributed by atoms with Gasteiger partial charge in [0.25, 0.3) is 5.91 Å². The second kappa shape index (κ2) is 9.97. The van der Waals surface area contributed by atoms with E-state index in [9.17, 15) is 14.0 Å². The van der Waals surface area contributed by atoms with Crippen molar-refractivity contribution < 1.29 is 27.8 Å². The minimum absolute atomic E-state index is 0.000572. The third-order valence-electron chi connectivity index (χ3n) is 6.70. The van der Waals surface area contributed by atoms with Crippen LogP contribution in [0.25, 0.3) is 11.0 Å². The molecule has 1 aliphatic rings. The molecule has 1 aromatic heterocycles. The Morgan fingerprint density at radius 3 is 2.57 bits per heavy atom. The molecule has 0 spiro atoms. The molecule has 8 heteroatoms. The van der Waals surface area contributed by atoms with Gasteiger partial charge in [0.05, 0.1) is 25.8 Å². The summed E-state index contributed by atoms with van der Waals surface area (Å²) in [6.07, 6.45) is 0.562. The van der Waals surface area contributed by atoms with Crippen LogP contribution in [0, 0.1) is 12.7 Å². The molecule has 0 radical (unpaired) electrons. The predicted octanol–water partition coefficient (Wildman–Crippen LogP) is 5.08. The maximum absolute atomic E-state index is 14.5. The summed E-state index contributed by atoms with van der Waals surface area (Å²) in [6, 6.07) is 15.9. The van der Waals surface area contributed by atoms with E-state index in [1.165, 1.54) is 18.2 Å². The van der Waals surface area contributed by atoms with Crippen LogP contribution in [0.15, 0.2) is 69.9 Å². The zero-order chi connectivity index (χ0) is 26.1. The molecule has 1 atom stereocenters. The number of ether oxygens (including phenoxy) is 3. The van der Waals surface area contributed by atoms with Crippen LogP contribution in [-0.2, 0) is 6.42 Å². The molecule has 0 bridgehead atoms. The van der Waals surface area contributed by atoms with Gasteiger partial charge in [-0.05, 0) is 66.4 Å². The van der Waals surface area contributed by atoms with Crippen molar-refractivity contribution in [3.8, 4) is 17.2 Å². The van der Waals surface area contributed by atoms with Gasteiger partial charge in [-0.15, -0.1) is 0 Å². The van der Waals surface area contributed by atoms with E-state index in [1.54, 1.807) is 43.4 Å². The second-order valence-corrected chi connectivity index (χ2v) is 8.87. The first kappa shape index (κ1) is 24.4. The highest BCUT2D eigenvalue weighted by atomic mass is 19.1. The Morgan fingerprint density at radius 1 is 1.05 bits per heavy atom. The van der Waals surface area contributed by atoms with E-state index in [4.69, 9.17) is 18.6 Å². The summed E-state index contributed by atoms with van der Waals surface area (Å²) in [5.41, 5.74) is 2.60. The van der Waals surface area contributed by atoms with Crippen LogP contribution >= 0.6 is 0 Å². The van der Waals surface area contributed by atoms with Crippen molar-refractivity contribution in [1.29, 1.82) is 0 Å². The van der Waals surface area contributed by atoms with Gasteiger partial charge in [0.15, 0.2) is 11.5 Å². The molecule has 0 aliphatic carbocycles. The lowest BCUT2D eigenvalue weighted by Crippen LogP contribution is -2.43. The van der Waals surface area contributed by atoms with E-state index in [-0.39, 0.29) is 12.2 Å². The number of carbonyl (C=O) groups excluding carboxylic acids is 1. The van der Waals surface area contributed by atoms with Crippen LogP contribution in [0.4, 0.5) is 4.39 Å². The largest absolute Gasteiger partial charge is 0.493 e. The molecule has 3 aromatic carbocycles. The Hall–Kier alpha value is -4.33. The lowest BCUT2D eigenvalue weighted by Gasteiger charge is -2.37. The monoisotopic (exact) mass is 503 g/mol. The summed E-state index contributed by atoms with van der Waals surface area (Å²) in [5.74, 6) is 0.591. The van der Waals surface area contributed by atoms with Crippen LogP contribution in [0.2, 0.25) is 0 Å². The number of carbonyl (C=O) groups is 1. The fourth-order valence-electron chi connectivity index (χ4n) is 4.81. The van der Waals surface area contributed by atoms with Gasteiger partial charge in [0.2, 0.25) is 0 Å². The van der Waals surface area contributed by atoms with Gasteiger partial charge in [-0.1, -0.05) is 12.1 Å². The van der Waals surface area contributed by atoms with E-state index >= 15 is 0 Å². The minimum atomic E-state index is -0.579. The number of methoxy groups -OCH3 is 2. The standard InChI is InChI=1S/C29H26FNO6/c1-17-12-28(32)37-25-14-19(8-9-20(17)25)36-16-24-22-15-27(35-3)26(34-2)13-18(22)10-11-31(24)29(33)21-6-4-5-7-23(21)30/h4-9,12-15,24H,10-11,16H2,1-3H3/t24-/m0/s1. The molecule has 37 heavy (non-hydrogen) atoms. The van der Waals surface area contributed by atoms with E-state index in [1.807, 2.05) is 25.1 Å². The smallest absolute Gasteiger partial charge is 0.336 e. The van der Waals surface area contributed by atoms with Gasteiger partial charge in [-0.25, -0.2) is 9.18 Å². The third kappa shape index (κ3) is 4.62. The Balaban J connectivity index is 1.53. The van der Waals surface area contributed by atoms with Crippen LogP contribution in [0.3, 0.4) is 0 Å². The average Bonchev–Trinajstić information content (AvgIpc) is 2.90. The maximum atomic E-state index is 14.5. The Bertz CT molecular complexity index is 1550. The molecule has 0 unspecified atom stereocenters. The second-order valence-electron chi connectivity index (χ2n) is 8.87. The summed E-state index contributed by atoms with van der Waals surface area (Å²) in [4.78, 5) is 27.0. The van der Waals surface area contributed by atoms with Crippen molar-refractivity contribution in [3.63, 3.8) is 0 Å². The van der Waals surface area contributed by atoms with Crippen LogP contribution in [0.1, 0.15) is 33.1 Å². The molecule has 1 amide bonds. The highest BCUT2D eigenvalue weighted by molar-refractivity contribution is 5.95. The summed E-state index contributed by atoms with van der Waals surface area (Å²) in [5, 5.41) is 0.808. The van der Waals surface area contributed by atoms with Gasteiger partial charge in [-0.2, -0.15) is 0 Å². The summed E-state index contributed by atoms with van der Waals surface area (Å²) in [7, 11) is 3.12. The third-order valence-corrected chi connectivity index (χ3v) is 6.70. The number of hydrogen-bond donors (Lipinski definition) is 0. The first-order valence-corrected chi connectivity index (χ1v) is 11.9. The zero-order valence-corrected chi connectivity index (χ0v) is 20.7. The van der Waals surface area contributed by atoms with E-state index in [2.05, 4.69) is 0 Å². The molecular formula is C29H26FNO6. The first-order chi connectivity index (χ1) is 17.9. The molecule has 7 nitrogen and oxygen atoms in total. The lowest BCUT2D eigenvalue weighted by molar-refractivity contribution is 0.0584. The Kier molecular flexibility index (Phi) is 6.56. The zero-order valence-electron chi connectivity index (χ0n) is 20.7. The molecule has 0 N–H and O–H groups in total. The summed E-state index contributed by atoms with van der Waals surface area (Å²) >= 11 is 0. The van der Waals surface area contributed by atoms with Crippen molar-refractivity contribution in [3.05, 3.63) is 99.2 Å². The number of fused-ring (bicyclic) bond motifs is 2. The molecular weight excluding hydrogens is 477 g/mol. The number of amides is 1. The fraction of sp³-hybridized carbons (Fsp3) is 0.241. The average molecular weight is 504 g/mol. The van der Waals surface area contributed by atoms with Gasteiger partial charge >= 0.3 is 5.63 Å². The minimum Gasteiger partial charge on any atom is -0.493 e. The predicted molar refractivity (Wildman–Crippen MR) is 136 cm³/mol. The van der Waals surface area contributed by atoms with Gasteiger partial charge in [0, 0.05) is 24.1 Å². The van der Waals surface area contributed by atoms with Crippen LogP contribution < -0.4 is 19.8 Å². The highest BCUT2D eigenvalue weighted by Crippen LogP contribution is 2.39. The van der Waals surface area contributed by atoms with Crippen molar-refractivity contribution in [2.75, 3.05) is 27.4 Å². The molecule has 4 aromatic rings. The summed E-state index contributed by atoms with van der Waals surface area (Å²) in [6.45, 7) is 2.30.